The first-order valence-electron chi connectivity index (χ1n) is 7.09. The molecule has 0 spiro atoms. The predicted octanol–water partition coefficient (Wildman–Crippen LogP) is 4.36. The minimum absolute atomic E-state index is 0.163. The molecular weight excluding hydrogens is 222 g/mol. The minimum Gasteiger partial charge on any atom is -0.496 e. The van der Waals surface area contributed by atoms with Gasteiger partial charge in [-0.25, -0.2) is 0 Å². The maximum absolute atomic E-state index is 6.23. The van der Waals surface area contributed by atoms with Gasteiger partial charge in [0.15, 0.2) is 0 Å². The molecule has 0 aliphatic carbocycles. The van der Waals surface area contributed by atoms with Crippen LogP contribution in [0.2, 0.25) is 0 Å². The highest BCUT2D eigenvalue weighted by atomic mass is 16.5. The lowest BCUT2D eigenvalue weighted by molar-refractivity contribution is 0.411. The number of nitrogens with two attached hydrogens (primary N) is 1. The summed E-state index contributed by atoms with van der Waals surface area (Å²) < 4.78 is 5.26. The van der Waals surface area contributed by atoms with Crippen LogP contribution < -0.4 is 10.5 Å². The van der Waals surface area contributed by atoms with Crippen molar-refractivity contribution in [3.8, 4) is 5.75 Å². The summed E-state index contributed by atoms with van der Waals surface area (Å²) in [6.07, 6.45) is 7.59. The molecule has 0 bridgehead atoms. The highest BCUT2D eigenvalue weighted by molar-refractivity contribution is 5.37. The van der Waals surface area contributed by atoms with Crippen molar-refractivity contribution in [1.82, 2.24) is 0 Å². The Labute approximate surface area is 112 Å². The molecule has 1 atom stereocenters. The van der Waals surface area contributed by atoms with E-state index in [2.05, 4.69) is 26.0 Å². The molecule has 2 N–H and O–H groups in total. The average molecular weight is 249 g/mol. The Balaban J connectivity index is 2.41. The van der Waals surface area contributed by atoms with E-state index >= 15 is 0 Å². The lowest BCUT2D eigenvalue weighted by atomic mass is 9.99. The standard InChI is InChI=1S/C16H27NO/c1-4-5-6-7-8-9-15(17)14-10-11-16(18-3)13(2)12-14/h10-12,15H,4-9,17H2,1-3H3. The van der Waals surface area contributed by atoms with Crippen molar-refractivity contribution < 1.29 is 4.74 Å². The number of aryl methyl sites for hydroxylation is 1. The first-order valence-corrected chi connectivity index (χ1v) is 7.09. The topological polar surface area (TPSA) is 35.2 Å². The monoisotopic (exact) mass is 249 g/mol. The van der Waals surface area contributed by atoms with Gasteiger partial charge in [0.1, 0.15) is 5.75 Å². The van der Waals surface area contributed by atoms with E-state index in [0.29, 0.717) is 0 Å². The summed E-state index contributed by atoms with van der Waals surface area (Å²) in [6, 6.07) is 6.41. The second-order valence-electron chi connectivity index (χ2n) is 5.04. The summed E-state index contributed by atoms with van der Waals surface area (Å²) >= 11 is 0. The molecule has 0 aliphatic heterocycles. The Hall–Kier alpha value is -1.02. The largest absolute Gasteiger partial charge is 0.496 e. The Bertz CT molecular complexity index is 349. The Morgan fingerprint density at radius 1 is 1.17 bits per heavy atom. The fourth-order valence-electron chi connectivity index (χ4n) is 2.27. The van der Waals surface area contributed by atoms with E-state index in [1.165, 1.54) is 37.7 Å². The normalized spacial score (nSPS) is 12.4. The van der Waals surface area contributed by atoms with Gasteiger partial charge in [0.25, 0.3) is 0 Å². The quantitative estimate of drug-likeness (QED) is 0.695. The molecule has 0 amide bonds. The molecule has 0 saturated carbocycles. The van der Waals surface area contributed by atoms with Crippen LogP contribution >= 0.6 is 0 Å². The maximum atomic E-state index is 6.23. The van der Waals surface area contributed by atoms with Gasteiger partial charge in [-0.15, -0.1) is 0 Å². The summed E-state index contributed by atoms with van der Waals surface area (Å²) in [6.45, 7) is 4.31. The average Bonchev–Trinajstić information content (AvgIpc) is 2.38. The second-order valence-corrected chi connectivity index (χ2v) is 5.04. The maximum Gasteiger partial charge on any atom is 0.121 e. The molecule has 0 heterocycles. The van der Waals surface area contributed by atoms with E-state index in [9.17, 15) is 0 Å². The van der Waals surface area contributed by atoms with Crippen molar-refractivity contribution in [2.24, 2.45) is 5.73 Å². The van der Waals surface area contributed by atoms with E-state index in [1.54, 1.807) is 7.11 Å². The highest BCUT2D eigenvalue weighted by Gasteiger charge is 2.07. The third-order valence-corrected chi connectivity index (χ3v) is 3.47. The van der Waals surface area contributed by atoms with E-state index in [4.69, 9.17) is 10.5 Å². The van der Waals surface area contributed by atoms with Gasteiger partial charge in [-0.05, 0) is 30.5 Å². The number of rotatable bonds is 8. The van der Waals surface area contributed by atoms with E-state index in [-0.39, 0.29) is 6.04 Å². The number of hydrogen-bond acceptors (Lipinski definition) is 2. The number of ether oxygens (including phenoxy) is 1. The SMILES string of the molecule is CCCCCCCC(N)c1ccc(OC)c(C)c1. The van der Waals surface area contributed by atoms with Crippen LogP contribution in [0.25, 0.3) is 0 Å². The lowest BCUT2D eigenvalue weighted by Gasteiger charge is -2.14. The minimum atomic E-state index is 0.163. The van der Waals surface area contributed by atoms with Crippen molar-refractivity contribution in [3.05, 3.63) is 29.3 Å². The van der Waals surface area contributed by atoms with Gasteiger partial charge in [-0.1, -0.05) is 51.2 Å². The molecule has 1 aromatic rings. The summed E-state index contributed by atoms with van der Waals surface area (Å²) in [5, 5.41) is 0. The van der Waals surface area contributed by atoms with Crippen molar-refractivity contribution in [2.45, 2.75) is 58.4 Å². The third kappa shape index (κ3) is 4.69. The molecule has 0 saturated heterocycles. The van der Waals surface area contributed by atoms with Gasteiger partial charge in [0.05, 0.1) is 7.11 Å². The number of benzene rings is 1. The first kappa shape index (κ1) is 15.0. The Morgan fingerprint density at radius 2 is 1.89 bits per heavy atom. The molecule has 2 heteroatoms. The van der Waals surface area contributed by atoms with Crippen LogP contribution in [-0.4, -0.2) is 7.11 Å². The number of hydrogen-bond donors (Lipinski definition) is 1. The molecule has 1 unspecified atom stereocenters. The van der Waals surface area contributed by atoms with Crippen LogP contribution in [0.4, 0.5) is 0 Å². The van der Waals surface area contributed by atoms with Crippen LogP contribution in [0.1, 0.15) is 62.6 Å². The molecule has 1 aromatic carbocycles. The van der Waals surface area contributed by atoms with E-state index in [1.807, 2.05) is 6.07 Å². The zero-order valence-electron chi connectivity index (χ0n) is 12.0. The molecule has 2 nitrogen and oxygen atoms in total. The summed E-state index contributed by atoms with van der Waals surface area (Å²) in [5.41, 5.74) is 8.62. The molecule has 1 rings (SSSR count). The Kier molecular flexibility index (Phi) is 6.81. The number of methoxy groups -OCH3 is 1. The molecule has 0 aliphatic rings. The van der Waals surface area contributed by atoms with Crippen LogP contribution in [0, 0.1) is 6.92 Å². The number of unbranched alkanes of at least 4 members (excludes halogenated alkanes) is 4. The molecule has 0 aromatic heterocycles. The van der Waals surface area contributed by atoms with Crippen molar-refractivity contribution >= 4 is 0 Å². The highest BCUT2D eigenvalue weighted by Crippen LogP contribution is 2.24. The lowest BCUT2D eigenvalue weighted by Crippen LogP contribution is -2.10. The first-order chi connectivity index (χ1) is 8.69. The molecular formula is C16H27NO. The summed E-state index contributed by atoms with van der Waals surface area (Å²) in [5.74, 6) is 0.939. The van der Waals surface area contributed by atoms with E-state index < -0.39 is 0 Å². The molecule has 0 radical (unpaired) electrons. The van der Waals surface area contributed by atoms with Crippen molar-refractivity contribution in [2.75, 3.05) is 7.11 Å². The second kappa shape index (κ2) is 8.15. The fourth-order valence-corrected chi connectivity index (χ4v) is 2.27. The fraction of sp³-hybridized carbons (Fsp3) is 0.625. The molecule has 102 valence electrons. The smallest absolute Gasteiger partial charge is 0.121 e. The van der Waals surface area contributed by atoms with Crippen LogP contribution in [0.3, 0.4) is 0 Å². The molecule has 0 fully saturated rings. The predicted molar refractivity (Wildman–Crippen MR) is 78.0 cm³/mol. The van der Waals surface area contributed by atoms with Crippen LogP contribution in [-0.2, 0) is 0 Å². The zero-order chi connectivity index (χ0) is 13.4. The van der Waals surface area contributed by atoms with Gasteiger partial charge in [-0.2, -0.15) is 0 Å². The van der Waals surface area contributed by atoms with Crippen LogP contribution in [0.5, 0.6) is 5.75 Å². The van der Waals surface area contributed by atoms with Gasteiger partial charge >= 0.3 is 0 Å². The summed E-state index contributed by atoms with van der Waals surface area (Å²) in [4.78, 5) is 0. The van der Waals surface area contributed by atoms with Gasteiger partial charge in [0.2, 0.25) is 0 Å². The third-order valence-electron chi connectivity index (χ3n) is 3.47. The van der Waals surface area contributed by atoms with Gasteiger partial charge in [-0.3, -0.25) is 0 Å². The zero-order valence-corrected chi connectivity index (χ0v) is 12.0. The van der Waals surface area contributed by atoms with Gasteiger partial charge in [0, 0.05) is 6.04 Å². The van der Waals surface area contributed by atoms with Crippen molar-refractivity contribution in [3.63, 3.8) is 0 Å². The van der Waals surface area contributed by atoms with Crippen LogP contribution in [0.15, 0.2) is 18.2 Å². The molecule has 18 heavy (non-hydrogen) atoms. The van der Waals surface area contributed by atoms with E-state index in [0.717, 1.165) is 17.7 Å². The van der Waals surface area contributed by atoms with Crippen molar-refractivity contribution in [1.29, 1.82) is 0 Å². The Morgan fingerprint density at radius 3 is 2.50 bits per heavy atom. The summed E-state index contributed by atoms with van der Waals surface area (Å²) in [7, 11) is 1.70. The van der Waals surface area contributed by atoms with Gasteiger partial charge < -0.3 is 10.5 Å².